The van der Waals surface area contributed by atoms with Gasteiger partial charge < -0.3 is 40.3 Å². The van der Waals surface area contributed by atoms with Crippen LogP contribution in [0.15, 0.2) is 18.2 Å². The number of hydrogen-bond donors (Lipinski definition) is 6. The zero-order chi connectivity index (χ0) is 18.7. The molecular formula is C16H23NO8. The molecule has 0 radical (unpaired) electrons. The number of ether oxygens (including phenoxy) is 2. The quantitative estimate of drug-likeness (QED) is 0.387. The Morgan fingerprint density at radius 3 is 2.48 bits per heavy atom. The summed E-state index contributed by atoms with van der Waals surface area (Å²) in [6.45, 7) is 3.60. The molecule has 1 aromatic rings. The van der Waals surface area contributed by atoms with Gasteiger partial charge in [0.15, 0.2) is 6.10 Å². The summed E-state index contributed by atoms with van der Waals surface area (Å²) in [5.74, 6) is -1.24. The molecule has 140 valence electrons. The van der Waals surface area contributed by atoms with E-state index >= 15 is 0 Å². The molecule has 0 amide bonds. The minimum absolute atomic E-state index is 0.0349. The summed E-state index contributed by atoms with van der Waals surface area (Å²) in [5, 5.41) is 51.0. The maximum Gasteiger partial charge on any atom is 0.335 e. The third-order valence-electron chi connectivity index (χ3n) is 3.73. The smallest absolute Gasteiger partial charge is 0.335 e. The summed E-state index contributed by atoms with van der Waals surface area (Å²) >= 11 is 0. The van der Waals surface area contributed by atoms with Crippen LogP contribution in [0.4, 0.5) is 5.69 Å². The van der Waals surface area contributed by atoms with Crippen LogP contribution < -0.4 is 10.1 Å². The highest BCUT2D eigenvalue weighted by molar-refractivity contribution is 5.73. The molecule has 5 atom stereocenters. The number of carbonyl (C=O) groups is 1. The molecule has 1 aliphatic heterocycles. The SMILES string of the molecule is CC(C)Nc1cc(CO)ccc1O[C@@H]1O[C@H](C(=O)O)[C@H](O)[C@H](O)[C@H]1O. The van der Waals surface area contributed by atoms with Crippen molar-refractivity contribution in [2.45, 2.75) is 57.2 Å². The number of aliphatic carboxylic acids is 1. The van der Waals surface area contributed by atoms with Gasteiger partial charge >= 0.3 is 5.97 Å². The summed E-state index contributed by atoms with van der Waals surface area (Å²) in [6, 6.07) is 4.80. The van der Waals surface area contributed by atoms with E-state index in [1.54, 1.807) is 12.1 Å². The van der Waals surface area contributed by atoms with Crippen LogP contribution in [-0.4, -0.2) is 68.2 Å². The molecule has 0 saturated carbocycles. The van der Waals surface area contributed by atoms with E-state index in [0.717, 1.165) is 0 Å². The third-order valence-corrected chi connectivity index (χ3v) is 3.73. The Labute approximate surface area is 144 Å². The first-order valence-electron chi connectivity index (χ1n) is 7.84. The van der Waals surface area contributed by atoms with Crippen molar-refractivity contribution in [3.8, 4) is 5.75 Å². The fraction of sp³-hybridized carbons (Fsp3) is 0.562. The molecule has 0 aliphatic carbocycles. The van der Waals surface area contributed by atoms with E-state index in [1.165, 1.54) is 6.07 Å². The lowest BCUT2D eigenvalue weighted by molar-refractivity contribution is -0.271. The van der Waals surface area contributed by atoms with Crippen molar-refractivity contribution in [2.75, 3.05) is 5.32 Å². The van der Waals surface area contributed by atoms with Crippen LogP contribution in [0, 0.1) is 0 Å². The van der Waals surface area contributed by atoms with Gasteiger partial charge in [-0.25, -0.2) is 4.79 Å². The van der Waals surface area contributed by atoms with E-state index in [1.807, 2.05) is 13.8 Å². The van der Waals surface area contributed by atoms with E-state index < -0.39 is 36.7 Å². The van der Waals surface area contributed by atoms with Gasteiger partial charge in [0.25, 0.3) is 0 Å². The van der Waals surface area contributed by atoms with Gasteiger partial charge in [0.1, 0.15) is 24.1 Å². The first kappa shape index (κ1) is 19.4. The van der Waals surface area contributed by atoms with Crippen LogP contribution in [0.3, 0.4) is 0 Å². The molecule has 2 rings (SSSR count). The lowest BCUT2D eigenvalue weighted by Gasteiger charge is -2.38. The summed E-state index contributed by atoms with van der Waals surface area (Å²) in [7, 11) is 0. The number of nitrogens with one attached hydrogen (secondary N) is 1. The number of carboxylic acids is 1. The van der Waals surface area contributed by atoms with Crippen molar-refractivity contribution in [2.24, 2.45) is 0 Å². The zero-order valence-corrected chi connectivity index (χ0v) is 13.9. The molecule has 1 heterocycles. The van der Waals surface area contributed by atoms with Gasteiger partial charge in [-0.15, -0.1) is 0 Å². The minimum atomic E-state index is -1.78. The summed E-state index contributed by atoms with van der Waals surface area (Å²) in [4.78, 5) is 11.1. The number of aliphatic hydroxyl groups excluding tert-OH is 4. The number of hydrogen-bond acceptors (Lipinski definition) is 8. The van der Waals surface area contributed by atoms with E-state index in [-0.39, 0.29) is 18.4 Å². The molecule has 0 spiro atoms. The normalized spacial score (nSPS) is 29.5. The molecule has 1 fully saturated rings. The molecule has 1 aromatic carbocycles. The van der Waals surface area contributed by atoms with Gasteiger partial charge in [0.05, 0.1) is 12.3 Å². The number of rotatable bonds is 6. The largest absolute Gasteiger partial charge is 0.479 e. The number of benzene rings is 1. The molecule has 1 saturated heterocycles. The van der Waals surface area contributed by atoms with Crippen LogP contribution in [0.25, 0.3) is 0 Å². The van der Waals surface area contributed by atoms with Gasteiger partial charge in [-0.05, 0) is 31.5 Å². The van der Waals surface area contributed by atoms with Crippen LogP contribution >= 0.6 is 0 Å². The molecule has 6 N–H and O–H groups in total. The fourth-order valence-corrected chi connectivity index (χ4v) is 2.48. The Morgan fingerprint density at radius 2 is 1.92 bits per heavy atom. The molecule has 25 heavy (non-hydrogen) atoms. The Hall–Kier alpha value is -1.91. The second kappa shape index (κ2) is 7.98. The van der Waals surface area contributed by atoms with Crippen LogP contribution in [0.5, 0.6) is 5.75 Å². The first-order chi connectivity index (χ1) is 11.7. The van der Waals surface area contributed by atoms with Crippen LogP contribution in [0.2, 0.25) is 0 Å². The van der Waals surface area contributed by atoms with E-state index in [0.29, 0.717) is 11.3 Å². The molecule has 1 aliphatic rings. The van der Waals surface area contributed by atoms with Gasteiger partial charge in [-0.3, -0.25) is 0 Å². The van der Waals surface area contributed by atoms with E-state index in [9.17, 15) is 25.2 Å². The van der Waals surface area contributed by atoms with Crippen molar-refractivity contribution >= 4 is 11.7 Å². The molecule has 0 bridgehead atoms. The molecule has 0 aromatic heterocycles. The van der Waals surface area contributed by atoms with Gasteiger partial charge in [-0.2, -0.15) is 0 Å². The molecule has 9 heteroatoms. The topological polar surface area (TPSA) is 149 Å². The summed E-state index contributed by atoms with van der Waals surface area (Å²) < 4.78 is 10.7. The van der Waals surface area contributed by atoms with Crippen molar-refractivity contribution in [3.63, 3.8) is 0 Å². The Balaban J connectivity index is 2.26. The predicted octanol–water partition coefficient (Wildman–Crippen LogP) is -0.730. The summed E-state index contributed by atoms with van der Waals surface area (Å²) in [6.07, 6.45) is -8.39. The molecule has 0 unspecified atom stereocenters. The van der Waals surface area contributed by atoms with Gasteiger partial charge in [-0.1, -0.05) is 6.07 Å². The summed E-state index contributed by atoms with van der Waals surface area (Å²) in [5.41, 5.74) is 1.13. The lowest BCUT2D eigenvalue weighted by Crippen LogP contribution is -2.61. The van der Waals surface area contributed by atoms with Gasteiger partial charge in [0.2, 0.25) is 6.29 Å². The molecule has 9 nitrogen and oxygen atoms in total. The van der Waals surface area contributed by atoms with Crippen molar-refractivity contribution in [1.82, 2.24) is 0 Å². The predicted molar refractivity (Wildman–Crippen MR) is 86.1 cm³/mol. The highest BCUT2D eigenvalue weighted by atomic mass is 16.7. The highest BCUT2D eigenvalue weighted by Crippen LogP contribution is 2.31. The minimum Gasteiger partial charge on any atom is -0.479 e. The monoisotopic (exact) mass is 357 g/mol. The number of aliphatic hydroxyl groups is 4. The third kappa shape index (κ3) is 4.39. The number of carboxylic acid groups (broad SMARTS) is 1. The Bertz CT molecular complexity index is 608. The van der Waals surface area contributed by atoms with Crippen molar-refractivity contribution in [1.29, 1.82) is 0 Å². The average Bonchev–Trinajstić information content (AvgIpc) is 2.55. The van der Waals surface area contributed by atoms with Crippen molar-refractivity contribution in [3.05, 3.63) is 23.8 Å². The second-order valence-corrected chi connectivity index (χ2v) is 6.14. The van der Waals surface area contributed by atoms with Crippen LogP contribution in [-0.2, 0) is 16.1 Å². The second-order valence-electron chi connectivity index (χ2n) is 6.14. The fourth-order valence-electron chi connectivity index (χ4n) is 2.48. The standard InChI is InChI=1S/C16H23NO8/c1-7(2)17-9-5-8(6-18)3-4-10(9)24-16-13(21)11(19)12(20)14(25-16)15(22)23/h3-5,7,11-14,16-21H,6H2,1-2H3,(H,22,23)/t11-,12+,13+,14-,16+/m0/s1. The molecular weight excluding hydrogens is 334 g/mol. The Morgan fingerprint density at radius 1 is 1.24 bits per heavy atom. The van der Waals surface area contributed by atoms with Gasteiger partial charge in [0, 0.05) is 6.04 Å². The lowest BCUT2D eigenvalue weighted by atomic mass is 9.99. The van der Waals surface area contributed by atoms with Crippen LogP contribution in [0.1, 0.15) is 19.4 Å². The maximum atomic E-state index is 11.1. The zero-order valence-electron chi connectivity index (χ0n) is 13.9. The highest BCUT2D eigenvalue weighted by Gasteiger charge is 2.48. The Kier molecular flexibility index (Phi) is 6.20. The van der Waals surface area contributed by atoms with E-state index in [4.69, 9.17) is 14.6 Å². The number of anilines is 1. The van der Waals surface area contributed by atoms with E-state index in [2.05, 4.69) is 5.32 Å². The van der Waals surface area contributed by atoms with Crippen molar-refractivity contribution < 1.29 is 39.8 Å². The average molecular weight is 357 g/mol. The maximum absolute atomic E-state index is 11.1. The first-order valence-corrected chi connectivity index (χ1v) is 7.84.